The third-order valence-electron chi connectivity index (χ3n) is 23.6. The number of carbonyl (C=O) groups excluding carboxylic acids is 2. The molecule has 0 aliphatic carbocycles. The number of esters is 1. The zero-order chi connectivity index (χ0) is 95.5. The molecule has 16 aromatic rings. The van der Waals surface area contributed by atoms with Crippen LogP contribution >= 0.6 is 31.9 Å². The summed E-state index contributed by atoms with van der Waals surface area (Å²) in [4.78, 5) is 32.8. The van der Waals surface area contributed by atoms with Gasteiger partial charge in [-0.3, -0.25) is 4.79 Å². The molecule has 16 rings (SSSR count). The highest BCUT2D eigenvalue weighted by Crippen LogP contribution is 2.43. The molecule has 696 valence electrons. The minimum absolute atomic E-state index is 0.00916. The van der Waals surface area contributed by atoms with Crippen molar-refractivity contribution >= 4 is 126 Å². The monoisotopic (exact) mass is 1970 g/mol. The van der Waals surface area contributed by atoms with Crippen molar-refractivity contribution in [3.63, 3.8) is 0 Å². The molecule has 0 saturated heterocycles. The molecule has 0 aliphatic heterocycles. The lowest BCUT2D eigenvalue weighted by Crippen LogP contribution is -2.41. The van der Waals surface area contributed by atoms with Crippen LogP contribution in [-0.4, -0.2) is 113 Å². The van der Waals surface area contributed by atoms with Crippen LogP contribution in [0.15, 0.2) is 234 Å². The number of phenolic OH excluding ortho intramolecular Hbond substituents is 1. The van der Waals surface area contributed by atoms with Crippen molar-refractivity contribution in [3.8, 4) is 34.5 Å². The van der Waals surface area contributed by atoms with Gasteiger partial charge in [0.1, 0.15) is 26.4 Å². The molecule has 0 spiro atoms. The number of aryl methyl sites for hydroxylation is 3. The lowest BCUT2D eigenvalue weighted by Gasteiger charge is -2.36. The van der Waals surface area contributed by atoms with Gasteiger partial charge in [0, 0.05) is 126 Å². The Bertz CT molecular complexity index is 6610. The van der Waals surface area contributed by atoms with Crippen molar-refractivity contribution in [2.24, 2.45) is 21.1 Å². The minimum atomic E-state index is -1.82. The van der Waals surface area contributed by atoms with Crippen molar-refractivity contribution in [1.29, 1.82) is 0 Å². The molecular formula is C103H112Br2F6N6O13Si2. The van der Waals surface area contributed by atoms with Gasteiger partial charge in [0.05, 0.1) is 52.8 Å². The number of halogens is 8. The van der Waals surface area contributed by atoms with Crippen LogP contribution in [0.1, 0.15) is 96.4 Å². The Kier molecular flexibility index (Phi) is 34.4. The number of aliphatic hydroxyl groups excluding tert-OH is 2. The van der Waals surface area contributed by atoms with E-state index in [1.807, 2.05) is 181 Å². The second-order valence-electron chi connectivity index (χ2n) is 34.6. The molecule has 6 heterocycles. The van der Waals surface area contributed by atoms with E-state index in [-0.39, 0.29) is 87.0 Å². The summed E-state index contributed by atoms with van der Waals surface area (Å²) in [6.45, 7) is 24.7. The number of H-pyrrole nitrogens is 3. The Morgan fingerprint density at radius 2 is 0.795 bits per heavy atom. The number of aromatic nitrogens is 6. The molecule has 0 aliphatic rings. The van der Waals surface area contributed by atoms with E-state index < -0.39 is 45.8 Å². The van der Waals surface area contributed by atoms with Crippen LogP contribution in [0.2, 0.25) is 36.3 Å². The number of aromatic hydroxyl groups is 1. The van der Waals surface area contributed by atoms with Gasteiger partial charge < -0.3 is 81.2 Å². The average molecular weight is 1970 g/mol. The summed E-state index contributed by atoms with van der Waals surface area (Å²) in [5.41, 5.74) is 12.4. The minimum Gasteiger partial charge on any atom is -0.504 e. The van der Waals surface area contributed by atoms with E-state index in [0.717, 1.165) is 102 Å². The molecule has 0 fully saturated rings. The summed E-state index contributed by atoms with van der Waals surface area (Å²) >= 11 is 6.57. The predicted molar refractivity (Wildman–Crippen MR) is 522 cm³/mol. The molecule has 0 bridgehead atoms. The Labute approximate surface area is 783 Å². The zero-order valence-corrected chi connectivity index (χ0v) is 81.8. The number of benzene rings is 10. The number of hydrogen-bond acceptors (Lipinski definition) is 13. The maximum atomic E-state index is 14.7. The van der Waals surface area contributed by atoms with Crippen LogP contribution in [0.5, 0.6) is 34.5 Å². The van der Waals surface area contributed by atoms with Gasteiger partial charge in [0.15, 0.2) is 86.0 Å². The fourth-order valence-corrected chi connectivity index (χ4v) is 17.6. The highest BCUT2D eigenvalue weighted by Gasteiger charge is 2.39. The van der Waals surface area contributed by atoms with Crippen molar-refractivity contribution in [2.75, 3.05) is 40.6 Å². The summed E-state index contributed by atoms with van der Waals surface area (Å²) in [5, 5.41) is 32.3. The van der Waals surface area contributed by atoms with Crippen molar-refractivity contribution < 1.29 is 88.5 Å². The Balaban J connectivity index is 0.000000154. The van der Waals surface area contributed by atoms with Gasteiger partial charge >= 0.3 is 5.97 Å². The Morgan fingerprint density at radius 3 is 1.24 bits per heavy atom. The Morgan fingerprint density at radius 1 is 0.417 bits per heavy atom. The standard InChI is InChI=1S/C24H32FNO2Si.C18H13BrFNO4.C17H26FNO2Si.C17H16FNO2.C15H11BrFNO.C12H14FNO2/c1-24(2,3)29(5,6)28-15-14-19-16-26(4)21-13-12-20(25)23(22(19)21)27-17-18-10-8-7-9-11-18;1-24-18(23)16(22)11-8-21-15-12(19)7-13(20)17(14(11)15)25-9-10-5-3-2-4-6-10;1-17(2,3)22(5,6)21-10-9-12-11-19(4)14-8-7-13(18)16(20)15(12)14;18-14-6-7-15-16(13(8-9-20)10-19-15)17(14)21-11-12-4-2-1-3-5-12;16-12-8-13(17)15(11-6-7-18-14(11)12)19-9-10-4-2-1-3-5-10;1-14-7-8(5-6-15)11-10(14)4-3-9(13)12(11)16-2/h7-13,16H,14-15,17H2,1-6H3;2-8,21H,9H2,1H3;7-8,11,20H,9-10H2,1-6H3;1-7,10,19-20H,8-9,11H2;1-8,18H,9H2;3-4,7,15H,5-6H2,1-2H3. The lowest BCUT2D eigenvalue weighted by molar-refractivity contribution is -0.135. The van der Waals surface area contributed by atoms with E-state index in [1.54, 1.807) is 30.6 Å². The average Bonchev–Trinajstić information content (AvgIpc) is 1.60. The largest absolute Gasteiger partial charge is 0.504 e. The maximum absolute atomic E-state index is 14.7. The summed E-state index contributed by atoms with van der Waals surface area (Å²) in [6.07, 6.45) is 13.2. The van der Waals surface area contributed by atoms with E-state index in [4.69, 9.17) is 42.7 Å². The lowest BCUT2D eigenvalue weighted by atomic mass is 10.1. The van der Waals surface area contributed by atoms with Crippen LogP contribution in [0.4, 0.5) is 26.3 Å². The van der Waals surface area contributed by atoms with Crippen LogP contribution in [0.25, 0.3) is 65.4 Å². The highest BCUT2D eigenvalue weighted by atomic mass is 79.9. The number of Topliss-reactive ketones (excluding diaryl/α,β-unsaturated/α-hetero) is 1. The molecule has 0 unspecified atom stereocenters. The molecule has 19 nitrogen and oxygen atoms in total. The van der Waals surface area contributed by atoms with E-state index in [9.17, 15) is 41.0 Å². The molecule has 0 amide bonds. The van der Waals surface area contributed by atoms with Crippen molar-refractivity contribution in [2.45, 2.75) is 130 Å². The van der Waals surface area contributed by atoms with E-state index in [0.29, 0.717) is 83.3 Å². The van der Waals surface area contributed by atoms with Crippen LogP contribution in [0, 0.1) is 34.9 Å². The number of nitrogens with zero attached hydrogens (tertiary/aromatic N) is 3. The first kappa shape index (κ1) is 101. The number of carbonyl (C=O) groups is 2. The fraction of sp³-hybridized carbons (Fsp3) is 0.282. The SMILES string of the molecule is COC(=O)C(=O)c1c[nH]c2c(Br)cc(F)c(OCc3ccccc3)c12.COc1c(F)ccc2c1c(CCO)cn2C.Cn1cc(CCO[Si](C)(C)C(C)(C)C)c2c(O)c(F)ccc21.Cn1cc(CCO[Si](C)(C)C(C)(C)C)c2c(OCc3ccccc3)c(F)ccc21.Fc1cc(Br)c2[nH]ccc2c1OCc1ccccc1.OCCc1c[nH]c2ccc(F)c(OCc3ccccc3)c12. The van der Waals surface area contributed by atoms with Gasteiger partial charge in [0.2, 0.25) is 0 Å². The smallest absolute Gasteiger partial charge is 0.379 e. The Hall–Kier alpha value is -11.8. The van der Waals surface area contributed by atoms with Gasteiger partial charge in [-0.25, -0.2) is 31.1 Å². The summed E-state index contributed by atoms with van der Waals surface area (Å²) < 4.78 is 136. The van der Waals surface area contributed by atoms with E-state index >= 15 is 0 Å². The first-order valence-electron chi connectivity index (χ1n) is 42.9. The van der Waals surface area contributed by atoms with E-state index in [2.05, 4.69) is 125 Å². The fourth-order valence-electron chi connectivity index (χ4n) is 14.5. The first-order chi connectivity index (χ1) is 62.9. The quantitative estimate of drug-likeness (QED) is 0.00926. The molecule has 10 aromatic carbocycles. The van der Waals surface area contributed by atoms with Gasteiger partial charge in [-0.15, -0.1) is 0 Å². The number of ether oxygens (including phenoxy) is 6. The van der Waals surface area contributed by atoms with Gasteiger partial charge in [-0.1, -0.05) is 163 Å². The van der Waals surface area contributed by atoms with Crippen molar-refractivity contribution in [1.82, 2.24) is 28.7 Å². The molecule has 0 saturated carbocycles. The summed E-state index contributed by atoms with van der Waals surface area (Å²) in [7, 11) is 4.73. The number of methoxy groups -OCH3 is 2. The number of fused-ring (bicyclic) bond motifs is 6. The van der Waals surface area contributed by atoms with Crippen LogP contribution in [0.3, 0.4) is 0 Å². The molecule has 0 radical (unpaired) electrons. The molecule has 6 aromatic heterocycles. The normalized spacial score (nSPS) is 11.6. The topological polar surface area (TPSA) is 231 Å². The number of hydrogen-bond donors (Lipinski definition) is 6. The molecule has 0 atom stereocenters. The van der Waals surface area contributed by atoms with Gasteiger partial charge in [-0.05, 0) is 205 Å². The summed E-state index contributed by atoms with van der Waals surface area (Å²) in [6, 6.07) is 55.4. The first-order valence-corrected chi connectivity index (χ1v) is 50.3. The predicted octanol–water partition coefficient (Wildman–Crippen LogP) is 25.0. The third-order valence-corrected chi connectivity index (χ3v) is 33.9. The highest BCUT2D eigenvalue weighted by molar-refractivity contribution is 9.11. The second-order valence-corrected chi connectivity index (χ2v) is 45.9. The molecule has 6 N–H and O–H groups in total. The van der Waals surface area contributed by atoms with Gasteiger partial charge in [-0.2, -0.15) is 0 Å². The number of aliphatic hydroxyl groups is 2. The van der Waals surface area contributed by atoms with Gasteiger partial charge in [0.25, 0.3) is 5.78 Å². The third kappa shape index (κ3) is 24.4. The van der Waals surface area contributed by atoms with Crippen molar-refractivity contribution in [3.05, 3.63) is 319 Å². The number of ketones is 1. The molecular weight excluding hydrogens is 1860 g/mol. The van der Waals surface area contributed by atoms with Crippen LogP contribution < -0.4 is 23.7 Å². The second kappa shape index (κ2) is 45.1. The summed E-state index contributed by atoms with van der Waals surface area (Å²) in [5.74, 6) is -3.86. The number of aromatic amines is 3. The number of nitrogens with one attached hydrogen (secondary N) is 3. The molecule has 29 heteroatoms. The van der Waals surface area contributed by atoms with Crippen LogP contribution in [-0.2, 0) is 91.6 Å². The maximum Gasteiger partial charge on any atom is 0.379 e. The molecule has 132 heavy (non-hydrogen) atoms. The number of phenols is 1. The van der Waals surface area contributed by atoms with E-state index in [1.165, 1.54) is 49.7 Å². The zero-order valence-electron chi connectivity index (χ0n) is 76.6. The number of rotatable bonds is 27.